The van der Waals surface area contributed by atoms with Crippen LogP contribution in [-0.2, 0) is 11.4 Å². The van der Waals surface area contributed by atoms with Crippen LogP contribution in [0, 0.1) is 0 Å². The molecule has 0 N–H and O–H groups in total. The molecular formula is O3S-2. The van der Waals surface area contributed by atoms with Crippen molar-refractivity contribution in [1.29, 1.82) is 0 Å². The van der Waals surface area contributed by atoms with Gasteiger partial charge in [-0.25, -0.2) is 0 Å². The van der Waals surface area contributed by atoms with E-state index in [0.29, 0.717) is 0 Å². The largest absolute Gasteiger partial charge is 0.784 e. The van der Waals surface area contributed by atoms with Crippen LogP contribution >= 0.6 is 0 Å². The van der Waals surface area contributed by atoms with Gasteiger partial charge in [-0.1, -0.05) is 0 Å². The van der Waals surface area contributed by atoms with Crippen LogP contribution in [0.1, 0.15) is 0 Å². The monoisotopic (exact) mass is 83.0 g/mol. The van der Waals surface area contributed by atoms with Gasteiger partial charge in [0.1, 0.15) is 0 Å². The van der Waals surface area contributed by atoms with Gasteiger partial charge in [0.25, 0.3) is 0 Å². The summed E-state index contributed by atoms with van der Waals surface area (Å²) in [7, 11) is 0. The average molecular weight is 83.0 g/mol. The first-order valence-electron chi connectivity index (χ1n) is 0.500. The summed E-state index contributed by atoms with van der Waals surface area (Å²) >= 11 is -3.11. The van der Waals surface area contributed by atoms with E-state index in [1.165, 1.54) is 0 Å². The first kappa shape index (κ1) is 4.07. The van der Waals surface area contributed by atoms with Crippen LogP contribution in [0.5, 0.6) is 0 Å². The standard InChI is InChI=1S/H2O3S/c1-4(2)3/h(H2,1,2,3)/p-2/i4+3. The van der Waals surface area contributed by atoms with E-state index >= 15 is 0 Å². The number of rotatable bonds is 0. The molecule has 0 saturated heterocycles. The quantitative estimate of drug-likeness (QED) is 0.352. The van der Waals surface area contributed by atoms with Gasteiger partial charge in [-0.15, -0.1) is 11.4 Å². The van der Waals surface area contributed by atoms with Crippen LogP contribution < -0.4 is 0 Å². The van der Waals surface area contributed by atoms with Crippen molar-refractivity contribution in [3.8, 4) is 0 Å². The summed E-state index contributed by atoms with van der Waals surface area (Å²) in [6, 6.07) is 0. The van der Waals surface area contributed by atoms with Gasteiger partial charge >= 0.3 is 0 Å². The van der Waals surface area contributed by atoms with E-state index in [0.717, 1.165) is 0 Å². The zero-order valence-electron chi connectivity index (χ0n) is 1.63. The lowest BCUT2D eigenvalue weighted by Gasteiger charge is -2.03. The lowest BCUT2D eigenvalue weighted by Crippen LogP contribution is -1.76. The molecular weight excluding hydrogens is 83.0 g/mol. The van der Waals surface area contributed by atoms with E-state index in [1.54, 1.807) is 0 Å². The van der Waals surface area contributed by atoms with E-state index in [1.807, 2.05) is 0 Å². The summed E-state index contributed by atoms with van der Waals surface area (Å²) in [4.78, 5) is 0. The molecule has 0 fully saturated rings. The molecule has 26 valence electrons. The summed E-state index contributed by atoms with van der Waals surface area (Å²) in [5, 5.41) is 0. The Morgan fingerprint density at radius 2 is 1.50 bits per heavy atom. The third-order valence-electron chi connectivity index (χ3n) is 0. The predicted molar refractivity (Wildman–Crippen MR) is 9.70 cm³/mol. The fraction of sp³-hybridized carbons (Fsp3) is 0. The highest BCUT2D eigenvalue weighted by Crippen LogP contribution is 1.42. The molecule has 4 heavy (non-hydrogen) atoms. The molecule has 0 aliphatic rings. The zero-order valence-corrected chi connectivity index (χ0v) is 2.45. The Hall–Kier alpha value is 0.0700. The SMILES string of the molecule is O=[35S]([O-])[O-]. The highest BCUT2D eigenvalue weighted by atomic mass is 35.1. The molecule has 0 unspecified atom stereocenters. The van der Waals surface area contributed by atoms with Gasteiger partial charge in [0.2, 0.25) is 0 Å². The average Bonchev–Trinajstić information content (AvgIpc) is 0.811. The molecule has 0 amide bonds. The Morgan fingerprint density at radius 1 is 1.50 bits per heavy atom. The number of hydrogen-bond donors (Lipinski definition) is 0. The molecule has 0 atom stereocenters. The second-order valence-corrected chi connectivity index (χ2v) is 0.612. The minimum atomic E-state index is -3.11. The second kappa shape index (κ2) is 1.40. The topological polar surface area (TPSA) is 63.2 Å². The Labute approximate surface area is 25.8 Å². The Kier molecular flexibility index (Phi) is 1.42. The predicted octanol–water partition coefficient (Wildman–Crippen LogP) is -1.00. The summed E-state index contributed by atoms with van der Waals surface area (Å²) in [5.74, 6) is 0. The fourth-order valence-electron chi connectivity index (χ4n) is 0. The summed E-state index contributed by atoms with van der Waals surface area (Å²) < 4.78 is 25.3. The molecule has 0 aromatic heterocycles. The van der Waals surface area contributed by atoms with E-state index < -0.39 is 11.4 Å². The van der Waals surface area contributed by atoms with Crippen LogP contribution in [-0.4, -0.2) is 13.3 Å². The Morgan fingerprint density at radius 3 is 1.50 bits per heavy atom. The summed E-state index contributed by atoms with van der Waals surface area (Å²) in [6.45, 7) is 0. The van der Waals surface area contributed by atoms with E-state index in [2.05, 4.69) is 0 Å². The molecule has 0 rings (SSSR count). The van der Waals surface area contributed by atoms with Gasteiger partial charge in [-0.05, 0) is 0 Å². The van der Waals surface area contributed by atoms with Gasteiger partial charge in [-0.3, -0.25) is 4.21 Å². The maximum Gasteiger partial charge on any atom is -0.142 e. The van der Waals surface area contributed by atoms with Crippen molar-refractivity contribution in [2.45, 2.75) is 0 Å². The van der Waals surface area contributed by atoms with E-state index in [9.17, 15) is 0 Å². The Balaban J connectivity index is 2.80. The molecule has 0 aliphatic carbocycles. The zero-order chi connectivity index (χ0) is 3.58. The van der Waals surface area contributed by atoms with Gasteiger partial charge in [0.05, 0.1) is 0 Å². The van der Waals surface area contributed by atoms with Gasteiger partial charge in [0, 0.05) is 0 Å². The van der Waals surface area contributed by atoms with E-state index in [4.69, 9.17) is 13.3 Å². The maximum atomic E-state index is 8.44. The van der Waals surface area contributed by atoms with E-state index in [-0.39, 0.29) is 0 Å². The molecule has 3 nitrogen and oxygen atoms in total. The fourth-order valence-corrected chi connectivity index (χ4v) is 0. The van der Waals surface area contributed by atoms with Crippen molar-refractivity contribution >= 4 is 11.4 Å². The highest BCUT2D eigenvalue weighted by molar-refractivity contribution is 7.72. The highest BCUT2D eigenvalue weighted by Gasteiger charge is 1.20. The molecule has 0 heterocycles. The summed E-state index contributed by atoms with van der Waals surface area (Å²) in [6.07, 6.45) is 0. The van der Waals surface area contributed by atoms with Crippen LogP contribution in [0.15, 0.2) is 0 Å². The summed E-state index contributed by atoms with van der Waals surface area (Å²) in [5.41, 5.74) is 0. The van der Waals surface area contributed by atoms with Crippen molar-refractivity contribution in [1.82, 2.24) is 0 Å². The van der Waals surface area contributed by atoms with Gasteiger partial charge in [0.15, 0.2) is 0 Å². The first-order chi connectivity index (χ1) is 1.73. The minimum Gasteiger partial charge on any atom is -0.784 e. The van der Waals surface area contributed by atoms with Gasteiger partial charge < -0.3 is 9.11 Å². The van der Waals surface area contributed by atoms with Crippen molar-refractivity contribution < 1.29 is 13.3 Å². The third kappa shape index (κ3) is 484. The third-order valence-corrected chi connectivity index (χ3v) is 0. The molecule has 0 radical (unpaired) electrons. The molecule has 0 saturated carbocycles. The number of hydrogen-bond acceptors (Lipinski definition) is 3. The molecule has 4 heteroatoms. The molecule has 0 bridgehead atoms. The maximum absolute atomic E-state index is 8.44. The van der Waals surface area contributed by atoms with Crippen molar-refractivity contribution in [2.75, 3.05) is 0 Å². The smallest absolute Gasteiger partial charge is 0.142 e. The van der Waals surface area contributed by atoms with Crippen LogP contribution in [0.4, 0.5) is 0 Å². The molecule has 0 aromatic carbocycles. The lowest BCUT2D eigenvalue weighted by atomic mass is 15.9. The minimum absolute atomic E-state index is 3.11. The van der Waals surface area contributed by atoms with Crippen LogP contribution in [0.2, 0.25) is 0 Å². The Bertz CT molecular complexity index is 26.3. The van der Waals surface area contributed by atoms with Crippen molar-refractivity contribution in [3.05, 3.63) is 0 Å². The van der Waals surface area contributed by atoms with Crippen LogP contribution in [0.25, 0.3) is 0 Å². The van der Waals surface area contributed by atoms with Crippen molar-refractivity contribution in [2.24, 2.45) is 0 Å². The molecule has 0 aromatic rings. The van der Waals surface area contributed by atoms with Gasteiger partial charge in [-0.2, -0.15) is 0 Å². The molecule has 0 aliphatic heterocycles. The lowest BCUT2D eigenvalue weighted by molar-refractivity contribution is 0.419. The van der Waals surface area contributed by atoms with Crippen molar-refractivity contribution in [3.63, 3.8) is 0 Å². The second-order valence-electron chi connectivity index (χ2n) is 0.204. The normalized spacial score (nSPS) is 8.75. The van der Waals surface area contributed by atoms with Crippen LogP contribution in [0.3, 0.4) is 0 Å². The molecule has 0 spiro atoms. The first-order valence-corrected chi connectivity index (χ1v) is 1.50.